The van der Waals surface area contributed by atoms with Gasteiger partial charge < -0.3 is 9.47 Å². The van der Waals surface area contributed by atoms with E-state index in [1.165, 1.54) is 100 Å². The normalized spacial score (nSPS) is 14.4. The zero-order chi connectivity index (χ0) is 40.9. The van der Waals surface area contributed by atoms with E-state index in [0.717, 1.165) is 25.7 Å². The first kappa shape index (κ1) is 39.2. The number of nitrogens with zero attached hydrogens (tertiary/aromatic N) is 2. The van der Waals surface area contributed by atoms with E-state index in [1.54, 1.807) is 0 Å². The molecule has 0 radical (unpaired) electrons. The van der Waals surface area contributed by atoms with Crippen LogP contribution in [0, 0.1) is 0 Å². The molecule has 0 bridgehead atoms. The van der Waals surface area contributed by atoms with Gasteiger partial charge in [-0.15, -0.1) is 0 Å². The molecule has 2 nitrogen and oxygen atoms in total. The minimum atomic E-state index is -0.131. The Morgan fingerprint density at radius 3 is 2.14 bits per heavy atom. The smallest absolute Gasteiger partial charge is 0.0544 e. The number of rotatable bonds is 7. The number of aryl methyl sites for hydroxylation is 1. The number of hydrogen-bond acceptors (Lipinski definition) is 1. The first-order valence-corrected chi connectivity index (χ1v) is 21.6. The van der Waals surface area contributed by atoms with E-state index in [0.29, 0.717) is 0 Å². The summed E-state index contributed by atoms with van der Waals surface area (Å²) in [6, 6.07) is 46.0. The number of allylic oxidation sites excluding steroid dienone is 4. The fraction of sp³-hybridized carbons (Fsp3) is 0.286. The molecule has 0 atom stereocenters. The predicted molar refractivity (Wildman–Crippen MR) is 253 cm³/mol. The molecule has 9 rings (SSSR count). The maximum absolute atomic E-state index is 2.49. The molecular weight excluding hydrogens is 701 g/mol. The molecule has 2 aliphatic carbocycles. The number of benzene rings is 6. The molecule has 2 heteroatoms. The lowest BCUT2D eigenvalue weighted by molar-refractivity contribution is 0.585. The van der Waals surface area contributed by atoms with Gasteiger partial charge in [0.05, 0.1) is 11.0 Å². The van der Waals surface area contributed by atoms with Gasteiger partial charge in [0.1, 0.15) is 0 Å². The predicted octanol–water partition coefficient (Wildman–Crippen LogP) is 15.9. The van der Waals surface area contributed by atoms with Gasteiger partial charge >= 0.3 is 0 Å². The quantitative estimate of drug-likeness (QED) is 0.157. The fourth-order valence-electron chi connectivity index (χ4n) is 9.66. The lowest BCUT2D eigenvalue weighted by atomic mass is 9.78. The molecule has 1 aromatic heterocycles. The van der Waals surface area contributed by atoms with Crippen molar-refractivity contribution in [2.45, 2.75) is 98.8 Å². The maximum Gasteiger partial charge on any atom is 0.0544 e. The van der Waals surface area contributed by atoms with Gasteiger partial charge in [0.15, 0.2) is 0 Å². The summed E-state index contributed by atoms with van der Waals surface area (Å²) in [5.41, 5.74) is 21.2. The van der Waals surface area contributed by atoms with Gasteiger partial charge in [-0.05, 0) is 130 Å². The van der Waals surface area contributed by atoms with Crippen LogP contribution >= 0.6 is 0 Å². The van der Waals surface area contributed by atoms with E-state index in [-0.39, 0.29) is 10.8 Å². The highest BCUT2D eigenvalue weighted by molar-refractivity contribution is 6.14. The van der Waals surface area contributed by atoms with E-state index in [2.05, 4.69) is 198 Å². The third-order valence-corrected chi connectivity index (χ3v) is 12.7. The van der Waals surface area contributed by atoms with Crippen molar-refractivity contribution in [2.24, 2.45) is 0 Å². The summed E-state index contributed by atoms with van der Waals surface area (Å²) in [5, 5.41) is 2.68. The van der Waals surface area contributed by atoms with Crippen molar-refractivity contribution in [3.8, 4) is 27.9 Å². The molecule has 0 aliphatic heterocycles. The summed E-state index contributed by atoms with van der Waals surface area (Å²) in [4.78, 5) is 2.36. The molecule has 0 saturated carbocycles. The van der Waals surface area contributed by atoms with Gasteiger partial charge in [-0.1, -0.05) is 152 Å². The molecule has 0 fully saturated rings. The molecule has 294 valence electrons. The standard InChI is InChI=1S/C54H54N2.C2H6/c1-9-17-37-32-50(55(8)39-19-11-10-12-20-39)46(34-45(37)41-21-14-13-18-35(41)2)36-24-27-40(28-25-36)56-48-23-16-15-22-44(48)51-49(56)31-30-43-42-29-26-38(53(3,4)5)33-47(42)54(6,7)52(43)51;1-2/h10-12,14-16,19-34H,9,13,17-18H2,1-8H3;1-2H3. The van der Waals surface area contributed by atoms with Crippen LogP contribution in [0.3, 0.4) is 0 Å². The highest BCUT2D eigenvalue weighted by Gasteiger charge is 2.39. The second kappa shape index (κ2) is 15.3. The Bertz CT molecular complexity index is 2710. The van der Waals surface area contributed by atoms with Crippen molar-refractivity contribution in [1.29, 1.82) is 0 Å². The van der Waals surface area contributed by atoms with E-state index < -0.39 is 0 Å². The molecule has 58 heavy (non-hydrogen) atoms. The van der Waals surface area contributed by atoms with E-state index in [9.17, 15) is 0 Å². The zero-order valence-corrected chi connectivity index (χ0v) is 36.4. The third-order valence-electron chi connectivity index (χ3n) is 12.7. The number of aromatic nitrogens is 1. The van der Waals surface area contributed by atoms with Crippen LogP contribution in [-0.2, 0) is 17.3 Å². The Labute approximate surface area is 347 Å². The Balaban J connectivity index is 0.00000231. The topological polar surface area (TPSA) is 8.17 Å². The Morgan fingerprint density at radius 1 is 0.724 bits per heavy atom. The first-order valence-electron chi connectivity index (χ1n) is 21.6. The van der Waals surface area contributed by atoms with Crippen LogP contribution in [0.2, 0.25) is 0 Å². The summed E-state index contributed by atoms with van der Waals surface area (Å²) >= 11 is 0. The lowest BCUT2D eigenvalue weighted by Crippen LogP contribution is -2.18. The first-order chi connectivity index (χ1) is 28.0. The number of hydrogen-bond donors (Lipinski definition) is 0. The Hall–Kier alpha value is -5.60. The minimum absolute atomic E-state index is 0.0946. The average Bonchev–Trinajstić information content (AvgIpc) is 3.69. The van der Waals surface area contributed by atoms with E-state index in [1.807, 2.05) is 13.8 Å². The molecule has 1 heterocycles. The molecule has 7 aromatic rings. The Morgan fingerprint density at radius 2 is 1.43 bits per heavy atom. The SMILES string of the molecule is CC.CCCc1cc(N(C)c2ccccc2)c(-c2ccc(-n3c4ccccc4c4c5c(ccc43)-c3ccc(C(C)(C)C)cc3C5(C)C)cc2)cc1C1=C(C)CCC=C1. The second-order valence-electron chi connectivity index (χ2n) is 17.7. The van der Waals surface area contributed by atoms with Crippen LogP contribution in [0.5, 0.6) is 0 Å². The molecular formula is C56H60N2. The number of fused-ring (bicyclic) bond motifs is 7. The highest BCUT2D eigenvalue weighted by atomic mass is 15.1. The summed E-state index contributed by atoms with van der Waals surface area (Å²) in [6.07, 6.45) is 9.11. The summed E-state index contributed by atoms with van der Waals surface area (Å²) in [5.74, 6) is 0. The maximum atomic E-state index is 2.49. The van der Waals surface area contributed by atoms with E-state index >= 15 is 0 Å². The molecule has 0 N–H and O–H groups in total. The van der Waals surface area contributed by atoms with Crippen molar-refractivity contribution in [3.05, 3.63) is 167 Å². The van der Waals surface area contributed by atoms with Gasteiger partial charge in [-0.25, -0.2) is 0 Å². The van der Waals surface area contributed by atoms with Crippen LogP contribution in [-0.4, -0.2) is 11.6 Å². The largest absolute Gasteiger partial charge is 0.344 e. The van der Waals surface area contributed by atoms with Crippen LogP contribution < -0.4 is 4.90 Å². The number of anilines is 2. The van der Waals surface area contributed by atoms with Crippen LogP contribution in [0.25, 0.3) is 55.3 Å². The summed E-state index contributed by atoms with van der Waals surface area (Å²) in [6.45, 7) is 20.4. The van der Waals surface area contributed by atoms with Crippen molar-refractivity contribution in [1.82, 2.24) is 4.57 Å². The monoisotopic (exact) mass is 760 g/mol. The van der Waals surface area contributed by atoms with Gasteiger partial charge in [0.25, 0.3) is 0 Å². The summed E-state index contributed by atoms with van der Waals surface area (Å²) in [7, 11) is 2.21. The minimum Gasteiger partial charge on any atom is -0.344 e. The average molecular weight is 761 g/mol. The highest BCUT2D eigenvalue weighted by Crippen LogP contribution is 2.54. The fourth-order valence-corrected chi connectivity index (χ4v) is 9.66. The van der Waals surface area contributed by atoms with Crippen molar-refractivity contribution < 1.29 is 0 Å². The van der Waals surface area contributed by atoms with Crippen molar-refractivity contribution in [3.63, 3.8) is 0 Å². The van der Waals surface area contributed by atoms with Crippen molar-refractivity contribution in [2.75, 3.05) is 11.9 Å². The molecule has 0 amide bonds. The van der Waals surface area contributed by atoms with Crippen LogP contribution in [0.15, 0.2) is 139 Å². The second-order valence-corrected chi connectivity index (χ2v) is 17.7. The molecule has 2 aliphatic rings. The molecule has 0 saturated heterocycles. The van der Waals surface area contributed by atoms with Crippen molar-refractivity contribution >= 4 is 38.8 Å². The summed E-state index contributed by atoms with van der Waals surface area (Å²) < 4.78 is 2.49. The number of para-hydroxylation sites is 2. The van der Waals surface area contributed by atoms with Crippen LogP contribution in [0.1, 0.15) is 109 Å². The van der Waals surface area contributed by atoms with Crippen LogP contribution in [0.4, 0.5) is 11.4 Å². The van der Waals surface area contributed by atoms with Gasteiger partial charge in [-0.2, -0.15) is 0 Å². The molecule has 6 aromatic carbocycles. The van der Waals surface area contributed by atoms with Gasteiger partial charge in [0, 0.05) is 45.9 Å². The zero-order valence-electron chi connectivity index (χ0n) is 36.4. The lowest BCUT2D eigenvalue weighted by Gasteiger charge is -2.26. The van der Waals surface area contributed by atoms with E-state index in [4.69, 9.17) is 0 Å². The molecule has 0 unspecified atom stereocenters. The molecule has 0 spiro atoms. The Kier molecular flexibility index (Phi) is 10.3. The third kappa shape index (κ3) is 6.51. The van der Waals surface area contributed by atoms with Gasteiger partial charge in [0.2, 0.25) is 0 Å². The van der Waals surface area contributed by atoms with Gasteiger partial charge in [-0.3, -0.25) is 0 Å².